The van der Waals surface area contributed by atoms with E-state index < -0.39 is 16.0 Å². The Kier molecular flexibility index (Phi) is 5.96. The minimum Gasteiger partial charge on any atom is -0.477 e. The molecule has 2 rings (SSSR count). The van der Waals surface area contributed by atoms with E-state index in [1.807, 2.05) is 6.92 Å². The van der Waals surface area contributed by atoms with Crippen LogP contribution in [0.5, 0.6) is 0 Å². The zero-order chi connectivity index (χ0) is 16.2. The first-order chi connectivity index (χ1) is 10.4. The summed E-state index contributed by atoms with van der Waals surface area (Å²) < 4.78 is 32.5. The molecule has 0 bridgehead atoms. The van der Waals surface area contributed by atoms with Crippen LogP contribution in [0.15, 0.2) is 11.4 Å². The number of hydrogen-bond donors (Lipinski definition) is 2. The van der Waals surface area contributed by atoms with E-state index >= 15 is 0 Å². The number of carboxylic acids is 1. The predicted molar refractivity (Wildman–Crippen MR) is 84.7 cm³/mol. The summed E-state index contributed by atoms with van der Waals surface area (Å²) in [6, 6.07) is 1.54. The van der Waals surface area contributed by atoms with Gasteiger partial charge in [-0.25, -0.2) is 17.9 Å². The number of ether oxygens (including phenoxy) is 1. The number of aromatic carboxylic acids is 1. The van der Waals surface area contributed by atoms with Crippen LogP contribution in [-0.4, -0.2) is 38.7 Å². The lowest BCUT2D eigenvalue weighted by Gasteiger charge is -2.33. The number of thiophene rings is 1. The van der Waals surface area contributed by atoms with Crippen molar-refractivity contribution in [3.8, 4) is 0 Å². The Labute approximate surface area is 134 Å². The van der Waals surface area contributed by atoms with E-state index in [9.17, 15) is 13.2 Å². The Hall–Kier alpha value is -0.960. The van der Waals surface area contributed by atoms with Crippen molar-refractivity contribution in [2.24, 2.45) is 5.92 Å². The average Bonchev–Trinajstić information content (AvgIpc) is 2.81. The van der Waals surface area contributed by atoms with Crippen LogP contribution in [0.4, 0.5) is 0 Å². The largest absolute Gasteiger partial charge is 0.477 e. The van der Waals surface area contributed by atoms with E-state index in [4.69, 9.17) is 9.84 Å². The maximum absolute atomic E-state index is 12.2. The molecular formula is C14H21NO5S2. The Bertz CT molecular complexity index is 607. The van der Waals surface area contributed by atoms with Crippen molar-refractivity contribution in [1.29, 1.82) is 0 Å². The number of carbonyl (C=O) groups is 1. The van der Waals surface area contributed by atoms with Gasteiger partial charge in [0.05, 0.1) is 11.9 Å². The number of sulfonamides is 1. The summed E-state index contributed by atoms with van der Waals surface area (Å²) in [5, 5.41) is 10.6. The SMILES string of the molecule is CCOC(CNS(=O)(=O)Cc1ccsc1C(=O)O)C1CCC1. The Morgan fingerprint density at radius 1 is 1.55 bits per heavy atom. The van der Waals surface area contributed by atoms with E-state index in [1.165, 1.54) is 0 Å². The minimum atomic E-state index is -3.58. The second-order valence-corrected chi connectivity index (χ2v) is 8.10. The third-order valence-electron chi connectivity index (χ3n) is 3.85. The molecule has 1 saturated carbocycles. The third kappa shape index (κ3) is 4.52. The molecule has 0 aromatic carbocycles. The lowest BCUT2D eigenvalue weighted by atomic mass is 9.81. The molecule has 2 N–H and O–H groups in total. The first kappa shape index (κ1) is 17.4. The van der Waals surface area contributed by atoms with Gasteiger partial charge in [0.1, 0.15) is 4.88 Å². The molecule has 1 fully saturated rings. The molecule has 0 amide bonds. The zero-order valence-electron chi connectivity index (χ0n) is 12.4. The van der Waals surface area contributed by atoms with E-state index in [-0.39, 0.29) is 23.3 Å². The van der Waals surface area contributed by atoms with Crippen molar-refractivity contribution in [2.45, 2.75) is 38.0 Å². The molecule has 1 heterocycles. The van der Waals surface area contributed by atoms with Crippen LogP contribution in [0.25, 0.3) is 0 Å². The van der Waals surface area contributed by atoms with Crippen LogP contribution < -0.4 is 4.72 Å². The summed E-state index contributed by atoms with van der Waals surface area (Å²) in [6.45, 7) is 2.69. The first-order valence-corrected chi connectivity index (χ1v) is 9.84. The first-order valence-electron chi connectivity index (χ1n) is 7.31. The Morgan fingerprint density at radius 3 is 2.82 bits per heavy atom. The van der Waals surface area contributed by atoms with Gasteiger partial charge in [0.25, 0.3) is 0 Å². The fraction of sp³-hybridized carbons (Fsp3) is 0.643. The van der Waals surface area contributed by atoms with Gasteiger partial charge in [-0.1, -0.05) is 6.42 Å². The van der Waals surface area contributed by atoms with Crippen molar-refractivity contribution in [1.82, 2.24) is 4.72 Å². The molecule has 0 saturated heterocycles. The number of rotatable bonds is 9. The fourth-order valence-electron chi connectivity index (χ4n) is 2.49. The highest BCUT2D eigenvalue weighted by molar-refractivity contribution is 7.88. The highest BCUT2D eigenvalue weighted by atomic mass is 32.2. The van der Waals surface area contributed by atoms with Gasteiger partial charge in [-0.2, -0.15) is 0 Å². The standard InChI is InChI=1S/C14H21NO5S2/c1-2-20-12(10-4-3-5-10)8-15-22(18,19)9-11-6-7-21-13(11)14(16)17/h6-7,10,12,15H,2-5,8-9H2,1H3,(H,16,17). The van der Waals surface area contributed by atoms with E-state index in [1.54, 1.807) is 11.4 Å². The monoisotopic (exact) mass is 347 g/mol. The second-order valence-electron chi connectivity index (χ2n) is 5.37. The predicted octanol–water partition coefficient (Wildman–Crippen LogP) is 2.07. The van der Waals surface area contributed by atoms with Gasteiger partial charge in [-0.15, -0.1) is 11.3 Å². The van der Waals surface area contributed by atoms with Gasteiger partial charge < -0.3 is 9.84 Å². The Morgan fingerprint density at radius 2 is 2.27 bits per heavy atom. The van der Waals surface area contributed by atoms with Gasteiger partial charge in [-0.3, -0.25) is 0 Å². The highest BCUT2D eigenvalue weighted by Crippen LogP contribution is 2.31. The van der Waals surface area contributed by atoms with Crippen LogP contribution in [0.3, 0.4) is 0 Å². The normalized spacial score (nSPS) is 17.1. The minimum absolute atomic E-state index is 0.0747. The molecule has 22 heavy (non-hydrogen) atoms. The molecule has 0 aliphatic heterocycles. The van der Waals surface area contributed by atoms with Gasteiger partial charge in [0.2, 0.25) is 10.0 Å². The number of nitrogens with one attached hydrogen (secondary N) is 1. The fourth-order valence-corrected chi connectivity index (χ4v) is 4.51. The molecule has 124 valence electrons. The van der Waals surface area contributed by atoms with E-state index in [0.717, 1.165) is 30.6 Å². The molecule has 6 nitrogen and oxygen atoms in total. The van der Waals surface area contributed by atoms with Crippen LogP contribution >= 0.6 is 11.3 Å². The average molecular weight is 347 g/mol. The molecule has 1 aliphatic rings. The molecule has 8 heteroatoms. The van der Waals surface area contributed by atoms with Gasteiger partial charge in [0.15, 0.2) is 0 Å². The maximum atomic E-state index is 12.2. The quantitative estimate of drug-likeness (QED) is 0.713. The van der Waals surface area contributed by atoms with Crippen molar-refractivity contribution in [2.75, 3.05) is 13.2 Å². The lowest BCUT2D eigenvalue weighted by Crippen LogP contribution is -2.40. The van der Waals surface area contributed by atoms with Crippen LogP contribution in [0.1, 0.15) is 41.4 Å². The molecule has 1 aromatic rings. The molecule has 0 spiro atoms. The molecule has 1 atom stereocenters. The third-order valence-corrected chi connectivity index (χ3v) is 6.09. The van der Waals surface area contributed by atoms with Gasteiger partial charge in [0, 0.05) is 13.2 Å². The number of hydrogen-bond acceptors (Lipinski definition) is 5. The summed E-state index contributed by atoms with van der Waals surface area (Å²) in [4.78, 5) is 11.1. The van der Waals surface area contributed by atoms with Crippen molar-refractivity contribution in [3.63, 3.8) is 0 Å². The summed E-state index contributed by atoms with van der Waals surface area (Å²) in [7, 11) is -3.58. The van der Waals surface area contributed by atoms with Crippen LogP contribution in [-0.2, 0) is 20.5 Å². The molecule has 0 radical (unpaired) electrons. The maximum Gasteiger partial charge on any atom is 0.346 e. The van der Waals surface area contributed by atoms with Crippen LogP contribution in [0, 0.1) is 5.92 Å². The smallest absolute Gasteiger partial charge is 0.346 e. The summed E-state index contributed by atoms with van der Waals surface area (Å²) in [5.74, 6) is -0.998. The molecular weight excluding hydrogens is 326 g/mol. The van der Waals surface area contributed by atoms with Crippen molar-refractivity contribution >= 4 is 27.3 Å². The van der Waals surface area contributed by atoms with Gasteiger partial charge in [-0.05, 0) is 42.7 Å². The van der Waals surface area contributed by atoms with E-state index in [2.05, 4.69) is 4.72 Å². The molecule has 1 aliphatic carbocycles. The number of carboxylic acid groups (broad SMARTS) is 1. The summed E-state index contributed by atoms with van der Waals surface area (Å²) in [6.07, 6.45) is 3.20. The Balaban J connectivity index is 1.95. The highest BCUT2D eigenvalue weighted by Gasteiger charge is 2.29. The van der Waals surface area contributed by atoms with Crippen molar-refractivity contribution < 1.29 is 23.1 Å². The summed E-state index contributed by atoms with van der Waals surface area (Å²) in [5.41, 5.74) is 0.321. The lowest BCUT2D eigenvalue weighted by molar-refractivity contribution is -0.00326. The van der Waals surface area contributed by atoms with Crippen LogP contribution in [0.2, 0.25) is 0 Å². The molecule has 1 aromatic heterocycles. The second kappa shape index (κ2) is 7.54. The summed E-state index contributed by atoms with van der Waals surface area (Å²) >= 11 is 1.03. The van der Waals surface area contributed by atoms with Gasteiger partial charge >= 0.3 is 5.97 Å². The van der Waals surface area contributed by atoms with E-state index in [0.29, 0.717) is 18.1 Å². The topological polar surface area (TPSA) is 92.7 Å². The molecule has 1 unspecified atom stereocenters. The zero-order valence-corrected chi connectivity index (χ0v) is 14.1. The van der Waals surface area contributed by atoms with Crippen molar-refractivity contribution in [3.05, 3.63) is 21.9 Å².